The van der Waals surface area contributed by atoms with E-state index in [1.165, 1.54) is 11.1 Å². The molecule has 0 N–H and O–H groups in total. The van der Waals surface area contributed by atoms with Crippen molar-refractivity contribution in [1.29, 1.82) is 5.26 Å². The highest BCUT2D eigenvalue weighted by Crippen LogP contribution is 2.29. The number of aryl methyl sites for hydroxylation is 1. The van der Waals surface area contributed by atoms with E-state index in [-0.39, 0.29) is 0 Å². The molecule has 2 nitrogen and oxygen atoms in total. The molecule has 1 heterocycles. The van der Waals surface area contributed by atoms with Crippen molar-refractivity contribution in [2.45, 2.75) is 6.92 Å². The number of nitriles is 1. The van der Waals surface area contributed by atoms with Crippen LogP contribution in [0, 0.1) is 18.3 Å². The Morgan fingerprint density at radius 1 is 0.581 bits per heavy atom. The van der Waals surface area contributed by atoms with Gasteiger partial charge in [0.05, 0.1) is 17.1 Å². The smallest absolute Gasteiger partial charge is 0.0991 e. The van der Waals surface area contributed by atoms with E-state index in [9.17, 15) is 0 Å². The minimum atomic E-state index is 0.676. The van der Waals surface area contributed by atoms with Crippen LogP contribution in [-0.4, -0.2) is 4.98 Å². The van der Waals surface area contributed by atoms with E-state index < -0.39 is 0 Å². The highest BCUT2D eigenvalue weighted by atomic mass is 14.6. The summed E-state index contributed by atoms with van der Waals surface area (Å²) in [7, 11) is 0. The summed E-state index contributed by atoms with van der Waals surface area (Å²) in [6.45, 7) is 2.10. The molecule has 0 atom stereocenters. The number of hydrogen-bond acceptors (Lipinski definition) is 2. The molecule has 0 aliphatic heterocycles. The second-order valence-electron chi connectivity index (χ2n) is 7.76. The Morgan fingerprint density at radius 3 is 1.74 bits per heavy atom. The van der Waals surface area contributed by atoms with Crippen LogP contribution in [-0.2, 0) is 0 Å². The van der Waals surface area contributed by atoms with Gasteiger partial charge in [-0.15, -0.1) is 0 Å². The molecule has 0 bridgehead atoms. The van der Waals surface area contributed by atoms with Crippen molar-refractivity contribution in [3.05, 3.63) is 114 Å². The average molecular weight is 396 g/mol. The maximum atomic E-state index is 8.96. The van der Waals surface area contributed by atoms with Gasteiger partial charge in [-0.05, 0) is 59.0 Å². The third-order valence-electron chi connectivity index (χ3n) is 5.63. The molecular formula is C29H20N2. The van der Waals surface area contributed by atoms with E-state index in [0.717, 1.165) is 38.7 Å². The van der Waals surface area contributed by atoms with Crippen molar-refractivity contribution in [2.75, 3.05) is 0 Å². The van der Waals surface area contributed by atoms with E-state index in [0.29, 0.717) is 5.56 Å². The van der Waals surface area contributed by atoms with Gasteiger partial charge >= 0.3 is 0 Å². The average Bonchev–Trinajstić information content (AvgIpc) is 2.84. The molecule has 0 spiro atoms. The fourth-order valence-electron chi connectivity index (χ4n) is 3.80. The first-order valence-electron chi connectivity index (χ1n) is 10.3. The summed E-state index contributed by atoms with van der Waals surface area (Å²) in [6.07, 6.45) is 1.95. The Labute approximate surface area is 182 Å². The summed E-state index contributed by atoms with van der Waals surface area (Å²) in [5.41, 5.74) is 9.78. The summed E-state index contributed by atoms with van der Waals surface area (Å²) in [4.78, 5) is 4.72. The van der Waals surface area contributed by atoms with Gasteiger partial charge in [0.15, 0.2) is 0 Å². The van der Waals surface area contributed by atoms with Crippen LogP contribution >= 0.6 is 0 Å². The van der Waals surface area contributed by atoms with Crippen LogP contribution in [0.2, 0.25) is 0 Å². The second kappa shape index (κ2) is 7.89. The topological polar surface area (TPSA) is 36.7 Å². The summed E-state index contributed by atoms with van der Waals surface area (Å²) < 4.78 is 0. The third kappa shape index (κ3) is 3.82. The van der Waals surface area contributed by atoms with E-state index in [2.05, 4.69) is 85.8 Å². The molecule has 5 rings (SSSR count). The lowest BCUT2D eigenvalue weighted by Gasteiger charge is -2.08. The second-order valence-corrected chi connectivity index (χ2v) is 7.76. The van der Waals surface area contributed by atoms with Crippen molar-refractivity contribution in [3.8, 4) is 39.4 Å². The first-order chi connectivity index (χ1) is 15.2. The van der Waals surface area contributed by atoms with Crippen molar-refractivity contribution in [2.24, 2.45) is 0 Å². The quantitative estimate of drug-likeness (QED) is 0.318. The largest absolute Gasteiger partial charge is 0.256 e. The fraction of sp³-hybridized carbons (Fsp3) is 0.0345. The summed E-state index contributed by atoms with van der Waals surface area (Å²) in [5.74, 6) is 0. The lowest BCUT2D eigenvalue weighted by Crippen LogP contribution is -1.86. The molecule has 2 heteroatoms. The van der Waals surface area contributed by atoms with E-state index >= 15 is 0 Å². The molecule has 31 heavy (non-hydrogen) atoms. The van der Waals surface area contributed by atoms with Crippen LogP contribution in [0.1, 0.15) is 11.1 Å². The molecule has 4 aromatic carbocycles. The number of benzene rings is 4. The van der Waals surface area contributed by atoms with Gasteiger partial charge in [0.25, 0.3) is 0 Å². The van der Waals surface area contributed by atoms with Gasteiger partial charge < -0.3 is 0 Å². The zero-order chi connectivity index (χ0) is 21.2. The Balaban J connectivity index is 1.44. The lowest BCUT2D eigenvalue weighted by atomic mass is 9.98. The van der Waals surface area contributed by atoms with Crippen molar-refractivity contribution < 1.29 is 0 Å². The summed E-state index contributed by atoms with van der Waals surface area (Å²) >= 11 is 0. The predicted octanol–water partition coefficient (Wildman–Crippen LogP) is 7.42. The molecule has 5 aromatic rings. The minimum Gasteiger partial charge on any atom is -0.256 e. The number of fused-ring (bicyclic) bond motifs is 1. The van der Waals surface area contributed by atoms with E-state index in [4.69, 9.17) is 10.2 Å². The van der Waals surface area contributed by atoms with E-state index in [1.54, 1.807) is 0 Å². The van der Waals surface area contributed by atoms with Gasteiger partial charge in [-0.3, -0.25) is 4.98 Å². The van der Waals surface area contributed by atoms with Gasteiger partial charge in [0.2, 0.25) is 0 Å². The Morgan fingerprint density at radius 2 is 1.10 bits per heavy atom. The van der Waals surface area contributed by atoms with Crippen molar-refractivity contribution >= 4 is 10.9 Å². The molecule has 1 aromatic heterocycles. The zero-order valence-electron chi connectivity index (χ0n) is 17.2. The van der Waals surface area contributed by atoms with Crippen LogP contribution in [0.5, 0.6) is 0 Å². The van der Waals surface area contributed by atoms with Crippen LogP contribution in [0.3, 0.4) is 0 Å². The highest BCUT2D eigenvalue weighted by molar-refractivity contribution is 5.87. The number of nitrogens with zero attached hydrogens (tertiary/aromatic N) is 2. The molecule has 0 saturated carbocycles. The number of rotatable bonds is 3. The van der Waals surface area contributed by atoms with Crippen molar-refractivity contribution in [3.63, 3.8) is 0 Å². The third-order valence-corrected chi connectivity index (χ3v) is 5.63. The molecular weight excluding hydrogens is 376 g/mol. The molecule has 0 amide bonds. The number of pyridine rings is 1. The number of hydrogen-bond donors (Lipinski definition) is 0. The number of aromatic nitrogens is 1. The molecule has 146 valence electrons. The predicted molar refractivity (Wildman–Crippen MR) is 128 cm³/mol. The first kappa shape index (κ1) is 18.8. The normalized spacial score (nSPS) is 10.7. The SMILES string of the molecule is Cc1ccc(-c2cnc3cc(-c4ccc(-c5ccc(C#N)cc5)cc4)ccc3c2)cc1. The Bertz CT molecular complexity index is 1410. The van der Waals surface area contributed by atoms with Crippen molar-refractivity contribution in [1.82, 2.24) is 4.98 Å². The van der Waals surface area contributed by atoms with Gasteiger partial charge in [0, 0.05) is 17.1 Å². The highest BCUT2D eigenvalue weighted by Gasteiger charge is 2.05. The van der Waals surface area contributed by atoms with Crippen LogP contribution in [0.25, 0.3) is 44.3 Å². The van der Waals surface area contributed by atoms with Gasteiger partial charge in [0.1, 0.15) is 0 Å². The monoisotopic (exact) mass is 396 g/mol. The Hall–Kier alpha value is -4.22. The molecule has 0 saturated heterocycles. The fourth-order valence-corrected chi connectivity index (χ4v) is 3.80. The Kier molecular flexibility index (Phi) is 4.78. The molecule has 0 aliphatic carbocycles. The summed E-state index contributed by atoms with van der Waals surface area (Å²) in [5, 5.41) is 10.1. The maximum absolute atomic E-state index is 8.96. The van der Waals surface area contributed by atoms with Gasteiger partial charge in [-0.1, -0.05) is 78.4 Å². The lowest BCUT2D eigenvalue weighted by molar-refractivity contribution is 1.40. The first-order valence-corrected chi connectivity index (χ1v) is 10.3. The molecule has 0 fully saturated rings. The van der Waals surface area contributed by atoms with Crippen LogP contribution in [0.15, 0.2) is 103 Å². The molecule has 0 aliphatic rings. The summed E-state index contributed by atoms with van der Waals surface area (Å²) in [6, 6.07) is 35.5. The standard InChI is InChI=1S/C29H20N2/c1-20-2-6-25(7-3-20)28-16-27-15-14-26(17-29(27)31-19-28)24-12-10-23(11-13-24)22-8-4-21(18-30)5-9-22/h2-17,19H,1H3. The maximum Gasteiger partial charge on any atom is 0.0991 e. The van der Waals surface area contributed by atoms with E-state index in [1.807, 2.05) is 30.5 Å². The molecule has 0 radical (unpaired) electrons. The molecule has 0 unspecified atom stereocenters. The zero-order valence-corrected chi connectivity index (χ0v) is 17.2. The minimum absolute atomic E-state index is 0.676. The van der Waals surface area contributed by atoms with Crippen LogP contribution in [0.4, 0.5) is 0 Å². The van der Waals surface area contributed by atoms with Crippen LogP contribution < -0.4 is 0 Å². The van der Waals surface area contributed by atoms with Gasteiger partial charge in [-0.2, -0.15) is 5.26 Å². The van der Waals surface area contributed by atoms with Gasteiger partial charge in [-0.25, -0.2) is 0 Å².